The summed E-state index contributed by atoms with van der Waals surface area (Å²) in [7, 11) is 0. The highest BCUT2D eigenvalue weighted by Gasteiger charge is 2.21. The minimum Gasteiger partial charge on any atom is -0.478 e. The molecular weight excluding hydrogens is 140 g/mol. The van der Waals surface area contributed by atoms with Crippen LogP contribution in [0.1, 0.15) is 26.7 Å². The molecule has 2 unspecified atom stereocenters. The van der Waals surface area contributed by atoms with E-state index in [1.165, 1.54) is 0 Å². The van der Waals surface area contributed by atoms with E-state index >= 15 is 0 Å². The third kappa shape index (κ3) is 1.82. The minimum absolute atomic E-state index is 0.233. The lowest BCUT2D eigenvalue weighted by Gasteiger charge is -2.22. The molecule has 62 valence electrons. The maximum atomic E-state index is 10.6. The summed E-state index contributed by atoms with van der Waals surface area (Å²) in [5, 5.41) is 8.73. The van der Waals surface area contributed by atoms with Gasteiger partial charge in [-0.2, -0.15) is 0 Å². The molecule has 0 spiro atoms. The van der Waals surface area contributed by atoms with Crippen LogP contribution in [-0.2, 0) is 4.79 Å². The van der Waals surface area contributed by atoms with Crippen molar-refractivity contribution in [2.45, 2.75) is 26.7 Å². The first-order valence-electron chi connectivity index (χ1n) is 4.04. The predicted octanol–water partition coefficient (Wildman–Crippen LogP) is 2.06. The number of rotatable bonds is 1. The highest BCUT2D eigenvalue weighted by Crippen LogP contribution is 2.28. The number of carboxylic acid groups (broad SMARTS) is 1. The summed E-state index contributed by atoms with van der Waals surface area (Å²) in [5.41, 5.74) is 0.600. The van der Waals surface area contributed by atoms with E-state index in [-0.39, 0.29) is 5.92 Å². The SMILES string of the molecule is CC1CC=C(C(=O)O)C(C)C1. The first kappa shape index (κ1) is 8.31. The van der Waals surface area contributed by atoms with Crippen LogP contribution in [-0.4, -0.2) is 11.1 Å². The summed E-state index contributed by atoms with van der Waals surface area (Å²) in [6.45, 7) is 4.14. The lowest BCUT2D eigenvalue weighted by molar-refractivity contribution is -0.133. The molecule has 0 radical (unpaired) electrons. The Bertz CT molecular complexity index is 194. The topological polar surface area (TPSA) is 37.3 Å². The molecule has 0 bridgehead atoms. The molecule has 1 aliphatic carbocycles. The van der Waals surface area contributed by atoms with Crippen molar-refractivity contribution in [3.63, 3.8) is 0 Å². The Morgan fingerprint density at radius 1 is 1.64 bits per heavy atom. The lowest BCUT2D eigenvalue weighted by atomic mass is 9.83. The summed E-state index contributed by atoms with van der Waals surface area (Å²) in [6, 6.07) is 0. The third-order valence-corrected chi connectivity index (χ3v) is 2.27. The quantitative estimate of drug-likeness (QED) is 0.627. The Balaban J connectivity index is 2.72. The second-order valence-electron chi connectivity index (χ2n) is 3.44. The van der Waals surface area contributed by atoms with E-state index in [1.54, 1.807) is 0 Å². The summed E-state index contributed by atoms with van der Waals surface area (Å²) >= 11 is 0. The fourth-order valence-corrected chi connectivity index (χ4v) is 1.65. The van der Waals surface area contributed by atoms with Gasteiger partial charge in [0.2, 0.25) is 0 Å². The predicted molar refractivity (Wildman–Crippen MR) is 43.3 cm³/mol. The second-order valence-corrected chi connectivity index (χ2v) is 3.44. The maximum absolute atomic E-state index is 10.6. The highest BCUT2D eigenvalue weighted by atomic mass is 16.4. The molecule has 0 saturated heterocycles. The average Bonchev–Trinajstić information content (AvgIpc) is 1.85. The van der Waals surface area contributed by atoms with E-state index < -0.39 is 5.97 Å². The molecule has 0 aromatic heterocycles. The Morgan fingerprint density at radius 2 is 2.27 bits per heavy atom. The fraction of sp³-hybridized carbons (Fsp3) is 0.667. The molecule has 2 nitrogen and oxygen atoms in total. The molecule has 0 saturated carbocycles. The zero-order valence-corrected chi connectivity index (χ0v) is 7.00. The highest BCUT2D eigenvalue weighted by molar-refractivity contribution is 5.87. The van der Waals surface area contributed by atoms with Gasteiger partial charge in [-0.1, -0.05) is 19.9 Å². The van der Waals surface area contributed by atoms with Crippen molar-refractivity contribution < 1.29 is 9.90 Å². The number of allylic oxidation sites excluding steroid dienone is 1. The summed E-state index contributed by atoms with van der Waals surface area (Å²) in [6.07, 6.45) is 3.80. The van der Waals surface area contributed by atoms with Crippen molar-refractivity contribution in [3.8, 4) is 0 Å². The van der Waals surface area contributed by atoms with E-state index in [1.807, 2.05) is 13.0 Å². The second kappa shape index (κ2) is 3.07. The van der Waals surface area contributed by atoms with Gasteiger partial charge < -0.3 is 5.11 Å². The largest absolute Gasteiger partial charge is 0.478 e. The van der Waals surface area contributed by atoms with E-state index in [0.29, 0.717) is 11.5 Å². The first-order valence-corrected chi connectivity index (χ1v) is 4.04. The van der Waals surface area contributed by atoms with Gasteiger partial charge in [0.05, 0.1) is 0 Å². The van der Waals surface area contributed by atoms with Crippen LogP contribution in [0.25, 0.3) is 0 Å². The van der Waals surface area contributed by atoms with Crippen molar-refractivity contribution >= 4 is 5.97 Å². The summed E-state index contributed by atoms with van der Waals surface area (Å²) < 4.78 is 0. The standard InChI is InChI=1S/C9H14O2/c1-6-3-4-8(9(10)11)7(2)5-6/h4,6-7H,3,5H2,1-2H3,(H,10,11). The van der Waals surface area contributed by atoms with Crippen LogP contribution in [0.4, 0.5) is 0 Å². The van der Waals surface area contributed by atoms with Gasteiger partial charge in [0.25, 0.3) is 0 Å². The van der Waals surface area contributed by atoms with Crippen molar-refractivity contribution in [1.82, 2.24) is 0 Å². The molecule has 11 heavy (non-hydrogen) atoms. The summed E-state index contributed by atoms with van der Waals surface area (Å²) in [5.74, 6) is 0.133. The Kier molecular flexibility index (Phi) is 2.32. The summed E-state index contributed by atoms with van der Waals surface area (Å²) in [4.78, 5) is 10.6. The number of hydrogen-bond donors (Lipinski definition) is 1. The Hall–Kier alpha value is -0.790. The van der Waals surface area contributed by atoms with Crippen molar-refractivity contribution in [1.29, 1.82) is 0 Å². The third-order valence-electron chi connectivity index (χ3n) is 2.27. The smallest absolute Gasteiger partial charge is 0.331 e. The molecule has 2 heteroatoms. The molecule has 1 N–H and O–H groups in total. The van der Waals surface area contributed by atoms with Gasteiger partial charge in [-0.05, 0) is 24.7 Å². The number of hydrogen-bond acceptors (Lipinski definition) is 1. The zero-order valence-electron chi connectivity index (χ0n) is 7.00. The van der Waals surface area contributed by atoms with Crippen molar-refractivity contribution in [3.05, 3.63) is 11.6 Å². The van der Waals surface area contributed by atoms with Crippen molar-refractivity contribution in [2.75, 3.05) is 0 Å². The van der Waals surface area contributed by atoms with Gasteiger partial charge in [0.1, 0.15) is 0 Å². The monoisotopic (exact) mass is 154 g/mol. The van der Waals surface area contributed by atoms with Crippen LogP contribution in [0.2, 0.25) is 0 Å². The number of aliphatic carboxylic acids is 1. The first-order chi connectivity index (χ1) is 5.11. The number of carbonyl (C=O) groups is 1. The van der Waals surface area contributed by atoms with Crippen LogP contribution in [0.5, 0.6) is 0 Å². The Morgan fingerprint density at radius 3 is 2.73 bits per heavy atom. The van der Waals surface area contributed by atoms with Crippen LogP contribution < -0.4 is 0 Å². The van der Waals surface area contributed by atoms with E-state index in [4.69, 9.17) is 5.11 Å². The van der Waals surface area contributed by atoms with Gasteiger partial charge in [-0.15, -0.1) is 0 Å². The van der Waals surface area contributed by atoms with E-state index in [0.717, 1.165) is 12.8 Å². The molecule has 1 aliphatic rings. The van der Waals surface area contributed by atoms with E-state index in [9.17, 15) is 4.79 Å². The van der Waals surface area contributed by atoms with Crippen LogP contribution >= 0.6 is 0 Å². The van der Waals surface area contributed by atoms with Gasteiger partial charge in [0, 0.05) is 5.57 Å². The molecule has 0 amide bonds. The Labute approximate surface area is 66.9 Å². The molecule has 0 heterocycles. The molecule has 2 atom stereocenters. The van der Waals surface area contributed by atoms with Crippen LogP contribution in [0, 0.1) is 11.8 Å². The van der Waals surface area contributed by atoms with Gasteiger partial charge in [-0.3, -0.25) is 0 Å². The molecule has 0 aromatic rings. The average molecular weight is 154 g/mol. The lowest BCUT2D eigenvalue weighted by Crippen LogP contribution is -2.17. The number of carboxylic acids is 1. The molecule has 0 aliphatic heterocycles. The molecule has 0 fully saturated rings. The normalized spacial score (nSPS) is 31.3. The molecule has 1 rings (SSSR count). The zero-order chi connectivity index (χ0) is 8.43. The van der Waals surface area contributed by atoms with Gasteiger partial charge in [0.15, 0.2) is 0 Å². The fourth-order valence-electron chi connectivity index (χ4n) is 1.65. The van der Waals surface area contributed by atoms with E-state index in [2.05, 4.69) is 6.92 Å². The van der Waals surface area contributed by atoms with Crippen molar-refractivity contribution in [2.24, 2.45) is 11.8 Å². The van der Waals surface area contributed by atoms with Crippen LogP contribution in [0.15, 0.2) is 11.6 Å². The molecule has 0 aromatic carbocycles. The molecular formula is C9H14O2. The van der Waals surface area contributed by atoms with Gasteiger partial charge in [-0.25, -0.2) is 4.79 Å². The minimum atomic E-state index is -0.746. The van der Waals surface area contributed by atoms with Crippen LogP contribution in [0.3, 0.4) is 0 Å². The van der Waals surface area contributed by atoms with Gasteiger partial charge >= 0.3 is 5.97 Å². The maximum Gasteiger partial charge on any atom is 0.331 e.